The van der Waals surface area contributed by atoms with Crippen molar-refractivity contribution in [2.24, 2.45) is 0 Å². The van der Waals surface area contributed by atoms with Gasteiger partial charge in [0.1, 0.15) is 11.6 Å². The highest BCUT2D eigenvalue weighted by molar-refractivity contribution is 5.90. The zero-order valence-corrected chi connectivity index (χ0v) is 8.40. The van der Waals surface area contributed by atoms with Crippen LogP contribution in [0.5, 0.6) is 0 Å². The van der Waals surface area contributed by atoms with Crippen molar-refractivity contribution in [3.05, 3.63) is 23.3 Å². The van der Waals surface area contributed by atoms with Gasteiger partial charge in [-0.05, 0) is 20.8 Å². The third-order valence-corrected chi connectivity index (χ3v) is 1.25. The smallest absolute Gasteiger partial charge is 0.346 e. The molecule has 0 unspecified atom stereocenters. The molecule has 0 spiro atoms. The first-order valence-electron chi connectivity index (χ1n) is 3.86. The van der Waals surface area contributed by atoms with Crippen molar-refractivity contribution >= 4 is 5.97 Å². The molecule has 0 fully saturated rings. The van der Waals surface area contributed by atoms with Crippen molar-refractivity contribution in [1.29, 1.82) is 10.5 Å². The molecule has 0 aliphatic carbocycles. The second-order valence-electron chi connectivity index (χ2n) is 2.20. The summed E-state index contributed by atoms with van der Waals surface area (Å²) in [5, 5.41) is 24.1. The van der Waals surface area contributed by atoms with Crippen molar-refractivity contribution in [1.82, 2.24) is 0 Å². The highest BCUT2D eigenvalue weighted by Crippen LogP contribution is 1.88. The number of carboxylic acids is 1. The topological polar surface area (TPSA) is 84.9 Å². The molecular formula is C11H16N2O2. The Labute approximate surface area is 90.8 Å². The molecule has 0 aromatic heterocycles. The van der Waals surface area contributed by atoms with E-state index >= 15 is 0 Å². The Bertz CT molecular complexity index is 327. The van der Waals surface area contributed by atoms with E-state index in [9.17, 15) is 4.79 Å². The third-order valence-electron chi connectivity index (χ3n) is 1.25. The molecular weight excluding hydrogens is 192 g/mol. The summed E-state index contributed by atoms with van der Waals surface area (Å²) in [6.07, 6.45) is 3.03. The lowest BCUT2D eigenvalue weighted by Gasteiger charge is -1.80. The van der Waals surface area contributed by atoms with E-state index in [4.69, 9.17) is 15.6 Å². The standard InChI is InChI=1S/C5H5NO2.C5H7N.CH4/c1-2-4(3-6)5(7)8;1-3-5(2)4-6;/h2H,1H3,(H,7,8);3H,1-2H3;1H4/b4-2+;5-3-;. The normalized spacial score (nSPS) is 9.67. The van der Waals surface area contributed by atoms with E-state index in [0.717, 1.165) is 5.57 Å². The minimum Gasteiger partial charge on any atom is -0.477 e. The molecule has 0 atom stereocenters. The Kier molecular flexibility index (Phi) is 14.8. The van der Waals surface area contributed by atoms with Crippen molar-refractivity contribution in [3.8, 4) is 12.1 Å². The van der Waals surface area contributed by atoms with Gasteiger partial charge in [-0.15, -0.1) is 0 Å². The van der Waals surface area contributed by atoms with Crippen molar-refractivity contribution < 1.29 is 9.90 Å². The predicted octanol–water partition coefficient (Wildman–Crippen LogP) is 2.65. The summed E-state index contributed by atoms with van der Waals surface area (Å²) in [6, 6.07) is 3.49. The first-order valence-corrected chi connectivity index (χ1v) is 3.86. The fourth-order valence-corrected chi connectivity index (χ4v) is 0.300. The molecule has 0 aromatic rings. The van der Waals surface area contributed by atoms with Crippen LogP contribution in [0, 0.1) is 22.7 Å². The van der Waals surface area contributed by atoms with Crippen LogP contribution in [0.1, 0.15) is 28.2 Å². The molecule has 4 heteroatoms. The monoisotopic (exact) mass is 208 g/mol. The largest absolute Gasteiger partial charge is 0.477 e. The van der Waals surface area contributed by atoms with E-state index in [0.29, 0.717) is 0 Å². The number of carbonyl (C=O) groups is 1. The van der Waals surface area contributed by atoms with Gasteiger partial charge in [-0.1, -0.05) is 19.6 Å². The van der Waals surface area contributed by atoms with Crippen LogP contribution >= 0.6 is 0 Å². The van der Waals surface area contributed by atoms with E-state index in [1.807, 2.05) is 13.0 Å². The number of nitriles is 2. The molecule has 0 rings (SSSR count). The van der Waals surface area contributed by atoms with Crippen molar-refractivity contribution in [3.63, 3.8) is 0 Å². The summed E-state index contributed by atoms with van der Waals surface area (Å²) < 4.78 is 0. The Balaban J connectivity index is -0.000000187. The highest BCUT2D eigenvalue weighted by Gasteiger charge is 2.00. The number of hydrogen-bond donors (Lipinski definition) is 1. The number of aliphatic carboxylic acids is 1. The van der Waals surface area contributed by atoms with Gasteiger partial charge in [0.25, 0.3) is 0 Å². The molecule has 0 aliphatic heterocycles. The third kappa shape index (κ3) is 11.9. The van der Waals surface area contributed by atoms with Crippen LogP contribution in [0.4, 0.5) is 0 Å². The molecule has 0 aliphatic rings. The Morgan fingerprint density at radius 3 is 1.67 bits per heavy atom. The van der Waals surface area contributed by atoms with Gasteiger partial charge in [0.05, 0.1) is 6.07 Å². The van der Waals surface area contributed by atoms with Crippen molar-refractivity contribution in [2.75, 3.05) is 0 Å². The van der Waals surface area contributed by atoms with Crippen LogP contribution in [0.15, 0.2) is 23.3 Å². The SMILES string of the molecule is C.C/C=C(/C)C#N.C/C=C(\C#N)C(=O)O. The lowest BCUT2D eigenvalue weighted by atomic mass is 10.3. The maximum atomic E-state index is 9.87. The van der Waals surface area contributed by atoms with E-state index in [2.05, 4.69) is 0 Å². The number of carboxylic acid groups (broad SMARTS) is 1. The molecule has 0 heterocycles. The number of nitrogens with zero attached hydrogens (tertiary/aromatic N) is 2. The van der Waals surface area contributed by atoms with Crippen LogP contribution in [-0.4, -0.2) is 11.1 Å². The summed E-state index contributed by atoms with van der Waals surface area (Å²) in [7, 11) is 0. The highest BCUT2D eigenvalue weighted by atomic mass is 16.4. The number of hydrogen-bond acceptors (Lipinski definition) is 3. The second-order valence-corrected chi connectivity index (χ2v) is 2.20. The first kappa shape index (κ1) is 18.7. The van der Waals surface area contributed by atoms with Gasteiger partial charge < -0.3 is 5.11 Å². The average Bonchev–Trinajstić information content (AvgIpc) is 2.19. The quantitative estimate of drug-likeness (QED) is 0.530. The number of allylic oxidation sites excluding steroid dienone is 3. The van der Waals surface area contributed by atoms with Gasteiger partial charge in [-0.2, -0.15) is 10.5 Å². The first-order chi connectivity index (χ1) is 6.53. The minimum atomic E-state index is -1.17. The van der Waals surface area contributed by atoms with Gasteiger partial charge in [0.2, 0.25) is 0 Å². The molecule has 4 nitrogen and oxygen atoms in total. The fourth-order valence-electron chi connectivity index (χ4n) is 0.300. The zero-order valence-electron chi connectivity index (χ0n) is 8.40. The lowest BCUT2D eigenvalue weighted by Crippen LogP contribution is -1.96. The molecule has 0 saturated heterocycles. The van der Waals surface area contributed by atoms with E-state index in [-0.39, 0.29) is 13.0 Å². The van der Waals surface area contributed by atoms with Gasteiger partial charge in [0, 0.05) is 5.57 Å². The van der Waals surface area contributed by atoms with Gasteiger partial charge in [-0.25, -0.2) is 4.79 Å². The minimum absolute atomic E-state index is 0. The molecule has 0 aromatic carbocycles. The van der Waals surface area contributed by atoms with Gasteiger partial charge in [-0.3, -0.25) is 0 Å². The maximum Gasteiger partial charge on any atom is 0.346 e. The lowest BCUT2D eigenvalue weighted by molar-refractivity contribution is -0.132. The Morgan fingerprint density at radius 2 is 1.67 bits per heavy atom. The summed E-state index contributed by atoms with van der Waals surface area (Å²) in [6.45, 7) is 5.13. The summed E-state index contributed by atoms with van der Waals surface area (Å²) in [4.78, 5) is 9.87. The molecule has 0 amide bonds. The van der Waals surface area contributed by atoms with Gasteiger partial charge >= 0.3 is 5.97 Å². The van der Waals surface area contributed by atoms with E-state index in [1.54, 1.807) is 13.0 Å². The second kappa shape index (κ2) is 11.9. The predicted molar refractivity (Wildman–Crippen MR) is 58.8 cm³/mol. The van der Waals surface area contributed by atoms with Crippen LogP contribution in [0.2, 0.25) is 0 Å². The maximum absolute atomic E-state index is 9.87. The van der Waals surface area contributed by atoms with E-state index in [1.165, 1.54) is 19.1 Å². The molecule has 0 radical (unpaired) electrons. The molecule has 0 saturated carbocycles. The number of rotatable bonds is 1. The summed E-state index contributed by atoms with van der Waals surface area (Å²) in [5.74, 6) is -1.17. The van der Waals surface area contributed by atoms with Crippen molar-refractivity contribution in [2.45, 2.75) is 28.2 Å². The van der Waals surface area contributed by atoms with Gasteiger partial charge in [0.15, 0.2) is 0 Å². The Morgan fingerprint density at radius 1 is 1.20 bits per heavy atom. The molecule has 1 N–H and O–H groups in total. The Hall–Kier alpha value is -2.07. The van der Waals surface area contributed by atoms with Crippen LogP contribution < -0.4 is 0 Å². The van der Waals surface area contributed by atoms with Crippen LogP contribution in [0.25, 0.3) is 0 Å². The fraction of sp³-hybridized carbons (Fsp3) is 0.364. The summed E-state index contributed by atoms with van der Waals surface area (Å²) >= 11 is 0. The molecule has 0 bridgehead atoms. The zero-order chi connectivity index (χ0) is 11.6. The molecule has 82 valence electrons. The van der Waals surface area contributed by atoms with Crippen LogP contribution in [0.3, 0.4) is 0 Å². The average molecular weight is 208 g/mol. The summed E-state index contributed by atoms with van der Waals surface area (Å²) in [5.41, 5.74) is 0.556. The molecule has 15 heavy (non-hydrogen) atoms. The van der Waals surface area contributed by atoms with E-state index < -0.39 is 5.97 Å². The van der Waals surface area contributed by atoms with Crippen LogP contribution in [-0.2, 0) is 4.79 Å².